The summed E-state index contributed by atoms with van der Waals surface area (Å²) >= 11 is 1.31. The van der Waals surface area contributed by atoms with Gasteiger partial charge in [0.25, 0.3) is 5.91 Å². The van der Waals surface area contributed by atoms with E-state index in [9.17, 15) is 13.2 Å². The van der Waals surface area contributed by atoms with Gasteiger partial charge in [-0.05, 0) is 61.4 Å². The predicted octanol–water partition coefficient (Wildman–Crippen LogP) is 6.10. The second-order valence-corrected chi connectivity index (χ2v) is 12.5. The van der Waals surface area contributed by atoms with Crippen molar-refractivity contribution in [2.45, 2.75) is 56.5 Å². The number of hydrogen-bond donors (Lipinski definition) is 0. The fourth-order valence-corrected chi connectivity index (χ4v) is 7.99. The fraction of sp³-hybridized carbons (Fsp3) is 0.379. The molecule has 0 N–H and O–H groups in total. The van der Waals surface area contributed by atoms with Gasteiger partial charge in [0.2, 0.25) is 10.0 Å². The SMILES string of the molecule is CCN(C1CCCCC1)S(=O)(=O)c1ccc(C(=O)N(Cc2ccco2)c2nc3c(OC)ccc(OC)c3s2)cc1. The lowest BCUT2D eigenvalue weighted by molar-refractivity contribution is 0.0983. The van der Waals surface area contributed by atoms with E-state index in [0.29, 0.717) is 40.0 Å². The molecule has 1 aliphatic rings. The Labute approximate surface area is 238 Å². The Kier molecular flexibility index (Phi) is 8.43. The quantitative estimate of drug-likeness (QED) is 0.222. The number of nitrogens with zero attached hydrogens (tertiary/aromatic N) is 3. The zero-order chi connectivity index (χ0) is 28.3. The van der Waals surface area contributed by atoms with Crippen molar-refractivity contribution in [3.8, 4) is 11.5 Å². The summed E-state index contributed by atoms with van der Waals surface area (Å²) in [7, 11) is -0.540. The molecule has 1 aliphatic carbocycles. The van der Waals surface area contributed by atoms with Gasteiger partial charge in [-0.15, -0.1) is 0 Å². The molecule has 1 saturated carbocycles. The van der Waals surface area contributed by atoms with Gasteiger partial charge in [-0.1, -0.05) is 37.5 Å². The summed E-state index contributed by atoms with van der Waals surface area (Å²) in [5, 5.41) is 0.436. The number of thiazole rings is 1. The smallest absolute Gasteiger partial charge is 0.260 e. The average molecular weight is 584 g/mol. The van der Waals surface area contributed by atoms with Gasteiger partial charge >= 0.3 is 0 Å². The molecule has 0 aliphatic heterocycles. The summed E-state index contributed by atoms with van der Waals surface area (Å²) in [5.74, 6) is 1.43. The number of furan rings is 1. The number of hydrogen-bond acceptors (Lipinski definition) is 8. The molecule has 0 radical (unpaired) electrons. The van der Waals surface area contributed by atoms with E-state index < -0.39 is 10.0 Å². The zero-order valence-corrected chi connectivity index (χ0v) is 24.5. The van der Waals surface area contributed by atoms with Crippen molar-refractivity contribution in [2.75, 3.05) is 25.7 Å². The molecule has 0 atom stereocenters. The third-order valence-electron chi connectivity index (χ3n) is 7.27. The average Bonchev–Trinajstić information content (AvgIpc) is 3.66. The maximum atomic E-state index is 13.9. The van der Waals surface area contributed by atoms with Gasteiger partial charge in [-0.2, -0.15) is 4.31 Å². The first-order chi connectivity index (χ1) is 19.4. The van der Waals surface area contributed by atoms with Crippen LogP contribution in [0.5, 0.6) is 11.5 Å². The van der Waals surface area contributed by atoms with E-state index in [1.807, 2.05) is 6.92 Å². The van der Waals surface area contributed by atoms with Crippen molar-refractivity contribution >= 4 is 42.6 Å². The number of carbonyl (C=O) groups is 1. The van der Waals surface area contributed by atoms with Crippen molar-refractivity contribution < 1.29 is 27.1 Å². The van der Waals surface area contributed by atoms with Gasteiger partial charge < -0.3 is 13.9 Å². The van der Waals surface area contributed by atoms with Crippen LogP contribution in [0.4, 0.5) is 5.13 Å². The highest BCUT2D eigenvalue weighted by Crippen LogP contribution is 2.41. The number of fused-ring (bicyclic) bond motifs is 1. The van der Waals surface area contributed by atoms with Crippen LogP contribution in [0.2, 0.25) is 0 Å². The number of ether oxygens (including phenoxy) is 2. The van der Waals surface area contributed by atoms with E-state index in [1.165, 1.54) is 28.4 Å². The molecule has 0 unspecified atom stereocenters. The molecule has 0 bridgehead atoms. The van der Waals surface area contributed by atoms with Crippen molar-refractivity contribution in [3.05, 3.63) is 66.1 Å². The Morgan fingerprint density at radius 3 is 2.35 bits per heavy atom. The minimum atomic E-state index is -3.68. The lowest BCUT2D eigenvalue weighted by atomic mass is 9.95. The molecule has 1 amide bonds. The number of amides is 1. The Morgan fingerprint density at radius 2 is 1.73 bits per heavy atom. The molecule has 4 aromatic rings. The molecule has 2 aromatic carbocycles. The Hall–Kier alpha value is -3.41. The summed E-state index contributed by atoms with van der Waals surface area (Å²) in [6.45, 7) is 2.43. The van der Waals surface area contributed by atoms with Crippen molar-refractivity contribution in [3.63, 3.8) is 0 Å². The van der Waals surface area contributed by atoms with Gasteiger partial charge in [0.05, 0.1) is 31.9 Å². The van der Waals surface area contributed by atoms with Crippen LogP contribution in [-0.2, 0) is 16.6 Å². The van der Waals surface area contributed by atoms with E-state index in [4.69, 9.17) is 18.9 Å². The molecule has 1 fully saturated rings. The molecule has 11 heteroatoms. The Bertz CT molecular complexity index is 1520. The molecule has 40 heavy (non-hydrogen) atoms. The second kappa shape index (κ2) is 12.0. The highest BCUT2D eigenvalue weighted by Gasteiger charge is 2.32. The number of sulfonamides is 1. The molecule has 2 heterocycles. The first kappa shape index (κ1) is 28.1. The maximum absolute atomic E-state index is 13.9. The highest BCUT2D eigenvalue weighted by atomic mass is 32.2. The Morgan fingerprint density at radius 1 is 1.02 bits per heavy atom. The molecule has 0 spiro atoms. The van der Waals surface area contributed by atoms with Gasteiger partial charge in [0.15, 0.2) is 5.13 Å². The lowest BCUT2D eigenvalue weighted by Gasteiger charge is -2.32. The third-order valence-corrected chi connectivity index (χ3v) is 10.4. The van der Waals surface area contributed by atoms with Crippen molar-refractivity contribution in [1.29, 1.82) is 0 Å². The normalized spacial score (nSPS) is 14.5. The van der Waals surface area contributed by atoms with E-state index in [2.05, 4.69) is 0 Å². The highest BCUT2D eigenvalue weighted by molar-refractivity contribution is 7.89. The van der Waals surface area contributed by atoms with Crippen LogP contribution >= 0.6 is 11.3 Å². The van der Waals surface area contributed by atoms with Gasteiger partial charge in [-0.25, -0.2) is 13.4 Å². The standard InChI is InChI=1S/C29H33N3O6S2/c1-4-32(21-9-6-5-7-10-21)40(34,35)23-14-12-20(13-15-23)28(33)31(19-22-11-8-18-38-22)29-30-26-24(36-2)16-17-25(37-3)27(26)39-29/h8,11-18,21H,4-7,9-10,19H2,1-3H3. The van der Waals surface area contributed by atoms with E-state index >= 15 is 0 Å². The number of methoxy groups -OCH3 is 2. The van der Waals surface area contributed by atoms with Gasteiger partial charge in [0.1, 0.15) is 27.5 Å². The molecule has 9 nitrogen and oxygen atoms in total. The zero-order valence-electron chi connectivity index (χ0n) is 22.8. The first-order valence-electron chi connectivity index (χ1n) is 13.3. The van der Waals surface area contributed by atoms with Gasteiger partial charge in [0, 0.05) is 18.2 Å². The molecular formula is C29H33N3O6S2. The Balaban J connectivity index is 1.48. The minimum Gasteiger partial charge on any atom is -0.495 e. The molecular weight excluding hydrogens is 550 g/mol. The van der Waals surface area contributed by atoms with Crippen LogP contribution in [0, 0.1) is 0 Å². The van der Waals surface area contributed by atoms with Crippen LogP contribution in [0.25, 0.3) is 10.2 Å². The van der Waals surface area contributed by atoms with Crippen molar-refractivity contribution in [2.24, 2.45) is 0 Å². The van der Waals surface area contributed by atoms with E-state index in [0.717, 1.165) is 36.8 Å². The van der Waals surface area contributed by atoms with Crippen LogP contribution in [0.15, 0.2) is 64.1 Å². The summed E-state index contributed by atoms with van der Waals surface area (Å²) in [6.07, 6.45) is 6.53. The lowest BCUT2D eigenvalue weighted by Crippen LogP contribution is -2.41. The summed E-state index contributed by atoms with van der Waals surface area (Å²) < 4.78 is 45.9. The molecule has 5 rings (SSSR count). The summed E-state index contributed by atoms with van der Waals surface area (Å²) in [6, 6.07) is 13.3. The van der Waals surface area contributed by atoms with Crippen LogP contribution < -0.4 is 14.4 Å². The minimum absolute atomic E-state index is 0.0156. The second-order valence-electron chi connectivity index (χ2n) is 9.64. The number of aromatic nitrogens is 1. The van der Waals surface area contributed by atoms with Crippen LogP contribution in [0.3, 0.4) is 0 Å². The molecule has 2 aromatic heterocycles. The maximum Gasteiger partial charge on any atom is 0.260 e. The number of benzene rings is 2. The van der Waals surface area contributed by atoms with E-state index in [1.54, 1.807) is 61.2 Å². The monoisotopic (exact) mass is 583 g/mol. The predicted molar refractivity (Wildman–Crippen MR) is 155 cm³/mol. The molecule has 0 saturated heterocycles. The van der Waals surface area contributed by atoms with Crippen LogP contribution in [-0.4, -0.2) is 50.4 Å². The number of anilines is 1. The molecule has 212 valence electrons. The first-order valence-corrected chi connectivity index (χ1v) is 15.6. The third kappa shape index (κ3) is 5.45. The summed E-state index contributed by atoms with van der Waals surface area (Å²) in [4.78, 5) is 20.3. The summed E-state index contributed by atoms with van der Waals surface area (Å²) in [5.41, 5.74) is 0.923. The number of rotatable bonds is 10. The van der Waals surface area contributed by atoms with Crippen LogP contribution in [0.1, 0.15) is 55.1 Å². The largest absolute Gasteiger partial charge is 0.495 e. The fourth-order valence-electron chi connectivity index (χ4n) is 5.23. The van der Waals surface area contributed by atoms with E-state index in [-0.39, 0.29) is 23.4 Å². The number of carbonyl (C=O) groups excluding carboxylic acids is 1. The topological polar surface area (TPSA) is 102 Å². The van der Waals surface area contributed by atoms with Crippen molar-refractivity contribution in [1.82, 2.24) is 9.29 Å². The van der Waals surface area contributed by atoms with Gasteiger partial charge in [-0.3, -0.25) is 9.69 Å².